The van der Waals surface area contributed by atoms with Gasteiger partial charge in [0, 0.05) is 18.0 Å². The normalized spacial score (nSPS) is 17.2. The number of nitrogens with zero attached hydrogens (tertiary/aromatic N) is 1. The number of thiazole rings is 1. The molecule has 31 heavy (non-hydrogen) atoms. The minimum atomic E-state index is -0.548. The zero-order valence-corrected chi connectivity index (χ0v) is 19.2. The van der Waals surface area contributed by atoms with Gasteiger partial charge in [-0.3, -0.25) is 14.2 Å². The van der Waals surface area contributed by atoms with E-state index in [1.54, 1.807) is 24.8 Å². The number of ether oxygens (including phenoxy) is 2. The Morgan fingerprint density at radius 3 is 2.77 bits per heavy atom. The Bertz CT molecular complexity index is 1080. The van der Waals surface area contributed by atoms with Crippen molar-refractivity contribution >= 4 is 47.1 Å². The zero-order valence-electron chi connectivity index (χ0n) is 17.6. The van der Waals surface area contributed by atoms with E-state index >= 15 is 0 Å². The maximum absolute atomic E-state index is 13.0. The first-order chi connectivity index (χ1) is 15.0. The van der Waals surface area contributed by atoms with E-state index in [0.29, 0.717) is 22.3 Å². The fourth-order valence-electron chi connectivity index (χ4n) is 3.16. The molecule has 1 atom stereocenters. The summed E-state index contributed by atoms with van der Waals surface area (Å²) in [4.78, 5) is 38.6. The van der Waals surface area contributed by atoms with Gasteiger partial charge >= 0.3 is 5.97 Å². The van der Waals surface area contributed by atoms with E-state index < -0.39 is 5.97 Å². The summed E-state index contributed by atoms with van der Waals surface area (Å²) in [6.45, 7) is 2.89. The van der Waals surface area contributed by atoms with Gasteiger partial charge < -0.3 is 14.8 Å². The van der Waals surface area contributed by atoms with E-state index in [4.69, 9.17) is 9.47 Å². The second-order valence-corrected chi connectivity index (χ2v) is 8.89. The van der Waals surface area contributed by atoms with Crippen molar-refractivity contribution in [1.29, 1.82) is 0 Å². The maximum atomic E-state index is 13.0. The molecule has 1 N–H and O–H groups in total. The van der Waals surface area contributed by atoms with Crippen molar-refractivity contribution < 1.29 is 19.1 Å². The Labute approximate surface area is 188 Å². The molecule has 1 aliphatic rings. The Hall–Kier alpha value is -2.36. The van der Waals surface area contributed by atoms with E-state index in [0.717, 1.165) is 34.6 Å². The lowest BCUT2D eigenvalue weighted by Gasteiger charge is -2.10. The van der Waals surface area contributed by atoms with Crippen LogP contribution in [0.25, 0.3) is 12.2 Å². The van der Waals surface area contributed by atoms with E-state index in [1.807, 2.05) is 30.5 Å². The zero-order chi connectivity index (χ0) is 22.2. The molecular formula is C22H26N2O5S2. The summed E-state index contributed by atoms with van der Waals surface area (Å²) >= 11 is 2.80. The van der Waals surface area contributed by atoms with Gasteiger partial charge in [-0.2, -0.15) is 0 Å². The number of thioether (sulfide) groups is 1. The molecule has 3 rings (SSSR count). The number of benzene rings is 1. The standard InChI is InChI=1S/C22H26N2O5S2/c1-3-28-21(26)12-20-24(14-19(25)23-13-16-5-4-10-29-16)22(27)18(31-20)11-15-6-8-17(30-2)9-7-15/h6-9,11-12,16H,3-5,10,13-14H2,1-2H3,(H,23,25)/b18-11-,20-12-. The summed E-state index contributed by atoms with van der Waals surface area (Å²) in [6, 6.07) is 7.82. The molecule has 0 radical (unpaired) electrons. The lowest BCUT2D eigenvalue weighted by atomic mass is 10.2. The van der Waals surface area contributed by atoms with Crippen LogP contribution in [0.2, 0.25) is 0 Å². The summed E-state index contributed by atoms with van der Waals surface area (Å²) < 4.78 is 12.6. The maximum Gasteiger partial charge on any atom is 0.333 e. The first-order valence-corrected chi connectivity index (χ1v) is 12.2. The number of rotatable bonds is 8. The number of hydrogen-bond acceptors (Lipinski definition) is 7. The van der Waals surface area contributed by atoms with Crippen molar-refractivity contribution in [2.45, 2.75) is 37.3 Å². The van der Waals surface area contributed by atoms with Gasteiger partial charge in [0.15, 0.2) is 0 Å². The number of amides is 1. The minimum absolute atomic E-state index is 0.0156. The Balaban J connectivity index is 1.89. The van der Waals surface area contributed by atoms with Crippen LogP contribution in [0, 0.1) is 0 Å². The second kappa shape index (κ2) is 11.3. The van der Waals surface area contributed by atoms with Crippen LogP contribution >= 0.6 is 23.1 Å². The molecule has 2 heterocycles. The number of aromatic nitrogens is 1. The lowest BCUT2D eigenvalue weighted by Crippen LogP contribution is -2.40. The van der Waals surface area contributed by atoms with Crippen LogP contribution in [0.5, 0.6) is 0 Å². The van der Waals surface area contributed by atoms with Crippen molar-refractivity contribution in [3.8, 4) is 0 Å². The molecule has 2 aromatic rings. The summed E-state index contributed by atoms with van der Waals surface area (Å²) in [5.41, 5.74) is 0.551. The average molecular weight is 463 g/mol. The summed E-state index contributed by atoms with van der Waals surface area (Å²) in [6.07, 6.45) is 6.94. The van der Waals surface area contributed by atoms with Gasteiger partial charge in [-0.1, -0.05) is 12.1 Å². The summed E-state index contributed by atoms with van der Waals surface area (Å²) in [7, 11) is 0. The van der Waals surface area contributed by atoms with Crippen LogP contribution in [0.4, 0.5) is 0 Å². The van der Waals surface area contributed by atoms with Crippen LogP contribution in [-0.4, -0.2) is 48.6 Å². The van der Waals surface area contributed by atoms with Crippen LogP contribution in [-0.2, 0) is 25.6 Å². The first-order valence-electron chi connectivity index (χ1n) is 10.1. The van der Waals surface area contributed by atoms with E-state index in [1.165, 1.54) is 10.6 Å². The van der Waals surface area contributed by atoms with Crippen LogP contribution in [0.1, 0.15) is 25.3 Å². The quantitative estimate of drug-likeness (QED) is 0.467. The Morgan fingerprint density at radius 2 is 2.13 bits per heavy atom. The first kappa shape index (κ1) is 23.3. The monoisotopic (exact) mass is 462 g/mol. The third-order valence-electron chi connectivity index (χ3n) is 4.73. The predicted octanol–water partition coefficient (Wildman–Crippen LogP) is 1.10. The van der Waals surface area contributed by atoms with Gasteiger partial charge in [0.1, 0.15) is 11.2 Å². The summed E-state index contributed by atoms with van der Waals surface area (Å²) in [5.74, 6) is -0.849. The van der Waals surface area contributed by atoms with E-state index in [9.17, 15) is 14.4 Å². The van der Waals surface area contributed by atoms with Crippen LogP contribution < -0.4 is 20.1 Å². The van der Waals surface area contributed by atoms with Crippen molar-refractivity contribution in [3.05, 3.63) is 49.4 Å². The molecular weight excluding hydrogens is 436 g/mol. The van der Waals surface area contributed by atoms with Gasteiger partial charge in [-0.05, 0) is 49.8 Å². The van der Waals surface area contributed by atoms with Crippen molar-refractivity contribution in [1.82, 2.24) is 9.88 Å². The van der Waals surface area contributed by atoms with Crippen molar-refractivity contribution in [2.75, 3.05) is 26.0 Å². The van der Waals surface area contributed by atoms with Gasteiger partial charge in [-0.25, -0.2) is 4.79 Å². The van der Waals surface area contributed by atoms with E-state index in [2.05, 4.69) is 5.32 Å². The third kappa shape index (κ3) is 6.56. The number of hydrogen-bond donors (Lipinski definition) is 1. The Morgan fingerprint density at radius 1 is 1.35 bits per heavy atom. The number of esters is 1. The molecule has 0 aliphatic carbocycles. The number of carbonyl (C=O) groups is 2. The average Bonchev–Trinajstić information content (AvgIpc) is 3.37. The highest BCUT2D eigenvalue weighted by Gasteiger charge is 2.17. The summed E-state index contributed by atoms with van der Waals surface area (Å²) in [5, 5.41) is 2.82. The molecule has 1 unspecified atom stereocenters. The molecule has 7 nitrogen and oxygen atoms in total. The number of nitrogens with one attached hydrogen (secondary N) is 1. The highest BCUT2D eigenvalue weighted by Crippen LogP contribution is 2.15. The molecule has 1 fully saturated rings. The lowest BCUT2D eigenvalue weighted by molar-refractivity contribution is -0.135. The van der Waals surface area contributed by atoms with Gasteiger partial charge in [0.05, 0.1) is 23.3 Å². The SMILES string of the molecule is CCOC(=O)/C=c1\s/c(=C\c2ccc(SC)cc2)c(=O)n1CC(=O)NCC1CCCO1. The third-order valence-corrected chi connectivity index (χ3v) is 6.53. The van der Waals surface area contributed by atoms with Gasteiger partial charge in [0.25, 0.3) is 5.56 Å². The molecule has 1 amide bonds. The highest BCUT2D eigenvalue weighted by molar-refractivity contribution is 7.98. The highest BCUT2D eigenvalue weighted by atomic mass is 32.2. The molecule has 0 bridgehead atoms. The second-order valence-electron chi connectivity index (χ2n) is 6.95. The topological polar surface area (TPSA) is 86.6 Å². The molecule has 0 saturated carbocycles. The molecule has 1 aromatic carbocycles. The smallest absolute Gasteiger partial charge is 0.333 e. The molecule has 0 spiro atoms. The minimum Gasteiger partial charge on any atom is -0.463 e. The van der Waals surface area contributed by atoms with Gasteiger partial charge in [0.2, 0.25) is 5.91 Å². The van der Waals surface area contributed by atoms with Crippen LogP contribution in [0.15, 0.2) is 34.0 Å². The van der Waals surface area contributed by atoms with E-state index in [-0.39, 0.29) is 30.7 Å². The fraction of sp³-hybridized carbons (Fsp3) is 0.409. The number of carbonyl (C=O) groups excluding carboxylic acids is 2. The fourth-order valence-corrected chi connectivity index (χ4v) is 4.60. The molecule has 1 aliphatic heterocycles. The molecule has 166 valence electrons. The Kier molecular flexibility index (Phi) is 8.51. The molecule has 1 saturated heterocycles. The largest absolute Gasteiger partial charge is 0.463 e. The van der Waals surface area contributed by atoms with Crippen molar-refractivity contribution in [2.24, 2.45) is 0 Å². The van der Waals surface area contributed by atoms with Gasteiger partial charge in [-0.15, -0.1) is 23.1 Å². The predicted molar refractivity (Wildman–Crippen MR) is 123 cm³/mol. The molecule has 9 heteroatoms. The van der Waals surface area contributed by atoms with Crippen molar-refractivity contribution in [3.63, 3.8) is 0 Å². The molecule has 1 aromatic heterocycles. The van der Waals surface area contributed by atoms with Crippen LogP contribution in [0.3, 0.4) is 0 Å².